The Labute approximate surface area is 225 Å². The van der Waals surface area contributed by atoms with Gasteiger partial charge in [0.25, 0.3) is 0 Å². The average molecular weight is 533 g/mol. The predicted octanol–water partition coefficient (Wildman–Crippen LogP) is 5.02. The summed E-state index contributed by atoms with van der Waals surface area (Å²) >= 11 is 0. The van der Waals surface area contributed by atoms with Gasteiger partial charge >= 0.3 is 0 Å². The SMILES string of the molecule is Cc1cc(-c2c(C)cccc2C)cc2c1N=C(Nc1ccc(S(=O)(=O)N(C)CCN3CCCC3)cc1)NN2. The molecule has 3 N–H and O–H groups in total. The maximum Gasteiger partial charge on any atom is 0.242 e. The molecule has 1 fully saturated rings. The first-order valence-corrected chi connectivity index (χ1v) is 14.5. The zero-order chi connectivity index (χ0) is 26.9. The van der Waals surface area contributed by atoms with E-state index in [1.807, 2.05) is 0 Å². The number of nitrogens with one attached hydrogen (secondary N) is 3. The third kappa shape index (κ3) is 5.41. The summed E-state index contributed by atoms with van der Waals surface area (Å²) in [4.78, 5) is 7.38. The van der Waals surface area contributed by atoms with Gasteiger partial charge in [0.1, 0.15) is 0 Å². The largest absolute Gasteiger partial charge is 0.325 e. The smallest absolute Gasteiger partial charge is 0.242 e. The second-order valence-corrected chi connectivity index (χ2v) is 12.2. The van der Waals surface area contributed by atoms with Crippen molar-refractivity contribution in [3.05, 3.63) is 71.3 Å². The summed E-state index contributed by atoms with van der Waals surface area (Å²) in [5, 5.41) is 3.24. The molecule has 0 amide bonds. The van der Waals surface area contributed by atoms with E-state index in [1.54, 1.807) is 31.3 Å². The number of benzene rings is 3. The quantitative estimate of drug-likeness (QED) is 0.396. The fourth-order valence-electron chi connectivity index (χ4n) is 5.20. The molecule has 0 unspecified atom stereocenters. The summed E-state index contributed by atoms with van der Waals surface area (Å²) < 4.78 is 27.5. The molecule has 2 aliphatic rings. The van der Waals surface area contributed by atoms with E-state index in [4.69, 9.17) is 4.99 Å². The van der Waals surface area contributed by atoms with Gasteiger partial charge in [0.15, 0.2) is 0 Å². The second-order valence-electron chi connectivity index (χ2n) is 10.2. The molecule has 38 heavy (non-hydrogen) atoms. The molecule has 3 aromatic carbocycles. The number of sulfonamides is 1. The van der Waals surface area contributed by atoms with Gasteiger partial charge in [0.2, 0.25) is 16.0 Å². The van der Waals surface area contributed by atoms with Gasteiger partial charge in [-0.2, -0.15) is 4.31 Å². The molecule has 0 bridgehead atoms. The highest BCUT2D eigenvalue weighted by atomic mass is 32.2. The molecule has 0 aliphatic carbocycles. The molecule has 8 nitrogen and oxygen atoms in total. The van der Waals surface area contributed by atoms with E-state index < -0.39 is 10.0 Å². The number of rotatable bonds is 7. The molecule has 2 heterocycles. The normalized spacial score (nSPS) is 15.6. The first-order chi connectivity index (χ1) is 18.2. The first kappa shape index (κ1) is 26.2. The molecule has 0 spiro atoms. The first-order valence-electron chi connectivity index (χ1n) is 13.1. The van der Waals surface area contributed by atoms with Crippen LogP contribution in [-0.2, 0) is 10.0 Å². The van der Waals surface area contributed by atoms with E-state index in [-0.39, 0.29) is 4.90 Å². The molecule has 0 aromatic heterocycles. The Balaban J connectivity index is 1.29. The standard InChI is InChI=1S/C29H36N6O2S/c1-20-8-7-9-21(2)27(20)23-18-22(3)28-26(19-23)32-33-29(31-28)30-24-10-12-25(13-11-24)38(36,37)34(4)16-17-35-14-5-6-15-35/h7-13,18-19,32H,5-6,14-17H2,1-4H3,(H2,30,31,33). The summed E-state index contributed by atoms with van der Waals surface area (Å²) in [5.74, 6) is 0.541. The van der Waals surface area contributed by atoms with Crippen LogP contribution in [0.2, 0.25) is 0 Å². The molecule has 0 saturated carbocycles. The number of nitrogens with zero attached hydrogens (tertiary/aromatic N) is 3. The highest BCUT2D eigenvalue weighted by Gasteiger charge is 2.22. The van der Waals surface area contributed by atoms with Crippen LogP contribution in [0.3, 0.4) is 0 Å². The highest BCUT2D eigenvalue weighted by molar-refractivity contribution is 7.89. The Morgan fingerprint density at radius 2 is 1.63 bits per heavy atom. The fourth-order valence-corrected chi connectivity index (χ4v) is 6.36. The van der Waals surface area contributed by atoms with Gasteiger partial charge in [-0.25, -0.2) is 13.4 Å². The fraction of sp³-hybridized carbons (Fsp3) is 0.345. The molecule has 5 rings (SSSR count). The van der Waals surface area contributed by atoms with Crippen LogP contribution in [0.15, 0.2) is 64.5 Å². The summed E-state index contributed by atoms with van der Waals surface area (Å²) in [6, 6.07) is 17.4. The lowest BCUT2D eigenvalue weighted by molar-refractivity contribution is 0.310. The van der Waals surface area contributed by atoms with Gasteiger partial charge in [-0.05, 0) is 111 Å². The molecule has 0 atom stereocenters. The lowest BCUT2D eigenvalue weighted by Gasteiger charge is -2.23. The lowest BCUT2D eigenvalue weighted by Crippen LogP contribution is -2.37. The molecular weight excluding hydrogens is 496 g/mol. The minimum atomic E-state index is -3.54. The van der Waals surface area contributed by atoms with Crippen LogP contribution in [0.1, 0.15) is 29.5 Å². The maximum absolute atomic E-state index is 13.0. The average Bonchev–Trinajstić information content (AvgIpc) is 3.42. The van der Waals surface area contributed by atoms with E-state index >= 15 is 0 Å². The summed E-state index contributed by atoms with van der Waals surface area (Å²) in [6.07, 6.45) is 2.39. The number of guanidine groups is 1. The minimum absolute atomic E-state index is 0.281. The van der Waals surface area contributed by atoms with Crippen molar-refractivity contribution < 1.29 is 8.42 Å². The number of fused-ring (bicyclic) bond motifs is 1. The summed E-state index contributed by atoms with van der Waals surface area (Å²) in [7, 11) is -1.89. The highest BCUT2D eigenvalue weighted by Crippen LogP contribution is 2.37. The van der Waals surface area contributed by atoms with Crippen molar-refractivity contribution in [1.82, 2.24) is 14.6 Å². The third-order valence-corrected chi connectivity index (χ3v) is 9.24. The molecule has 0 radical (unpaired) electrons. The number of anilines is 2. The third-order valence-electron chi connectivity index (χ3n) is 7.36. The van der Waals surface area contributed by atoms with E-state index in [9.17, 15) is 8.42 Å². The van der Waals surface area contributed by atoms with Crippen molar-refractivity contribution in [2.24, 2.45) is 4.99 Å². The van der Waals surface area contributed by atoms with Crippen LogP contribution < -0.4 is 16.2 Å². The molecule has 1 saturated heterocycles. The predicted molar refractivity (Wildman–Crippen MR) is 155 cm³/mol. The van der Waals surface area contributed by atoms with Crippen molar-refractivity contribution in [3.8, 4) is 11.1 Å². The molecule has 3 aromatic rings. The topological polar surface area (TPSA) is 89.1 Å². The minimum Gasteiger partial charge on any atom is -0.325 e. The van der Waals surface area contributed by atoms with E-state index in [0.717, 1.165) is 47.8 Å². The number of hydrogen-bond acceptors (Lipinski definition) is 7. The van der Waals surface area contributed by atoms with Crippen LogP contribution in [0.5, 0.6) is 0 Å². The van der Waals surface area contributed by atoms with Crippen molar-refractivity contribution >= 4 is 33.0 Å². The van der Waals surface area contributed by atoms with E-state index in [1.165, 1.54) is 33.8 Å². The van der Waals surface area contributed by atoms with Crippen molar-refractivity contribution in [2.45, 2.75) is 38.5 Å². The Kier molecular flexibility index (Phi) is 7.43. The van der Waals surface area contributed by atoms with Gasteiger partial charge in [-0.15, -0.1) is 0 Å². The number of aryl methyl sites for hydroxylation is 3. The van der Waals surface area contributed by atoms with Crippen molar-refractivity contribution in [2.75, 3.05) is 44.0 Å². The Morgan fingerprint density at radius 1 is 0.947 bits per heavy atom. The Bertz CT molecular complexity index is 1440. The Morgan fingerprint density at radius 3 is 2.32 bits per heavy atom. The lowest BCUT2D eigenvalue weighted by atomic mass is 9.93. The van der Waals surface area contributed by atoms with Crippen LogP contribution in [0, 0.1) is 20.8 Å². The second kappa shape index (κ2) is 10.8. The maximum atomic E-state index is 13.0. The zero-order valence-corrected chi connectivity index (χ0v) is 23.3. The monoisotopic (exact) mass is 532 g/mol. The van der Waals surface area contributed by atoms with Gasteiger partial charge < -0.3 is 10.2 Å². The number of likely N-dealkylation sites (tertiary alicyclic amines) is 1. The van der Waals surface area contributed by atoms with E-state index in [0.29, 0.717) is 12.5 Å². The molecular formula is C29H36N6O2S. The summed E-state index contributed by atoms with van der Waals surface area (Å²) in [6.45, 7) is 9.68. The van der Waals surface area contributed by atoms with Crippen LogP contribution >= 0.6 is 0 Å². The van der Waals surface area contributed by atoms with Gasteiger partial charge in [0, 0.05) is 25.8 Å². The number of hydrogen-bond donors (Lipinski definition) is 3. The van der Waals surface area contributed by atoms with Gasteiger partial charge in [-0.1, -0.05) is 18.2 Å². The molecule has 9 heteroatoms. The summed E-state index contributed by atoms with van der Waals surface area (Å²) in [5.41, 5.74) is 14.8. The van der Waals surface area contributed by atoms with Crippen LogP contribution in [0.25, 0.3) is 11.1 Å². The molecule has 200 valence electrons. The zero-order valence-electron chi connectivity index (χ0n) is 22.5. The number of hydrazine groups is 1. The van der Waals surface area contributed by atoms with Gasteiger partial charge in [-0.3, -0.25) is 10.9 Å². The van der Waals surface area contributed by atoms with Gasteiger partial charge in [0.05, 0.1) is 16.3 Å². The van der Waals surface area contributed by atoms with Crippen molar-refractivity contribution in [1.29, 1.82) is 0 Å². The number of likely N-dealkylation sites (N-methyl/N-ethyl adjacent to an activating group) is 1. The van der Waals surface area contributed by atoms with E-state index in [2.05, 4.69) is 72.2 Å². The number of aliphatic imine (C=N–C) groups is 1. The van der Waals surface area contributed by atoms with Crippen LogP contribution in [0.4, 0.5) is 17.1 Å². The Hall–Kier alpha value is -3.40. The van der Waals surface area contributed by atoms with Crippen LogP contribution in [-0.4, -0.2) is 56.8 Å². The van der Waals surface area contributed by atoms with Crippen molar-refractivity contribution in [3.63, 3.8) is 0 Å². The molecule has 2 aliphatic heterocycles.